The predicted octanol–water partition coefficient (Wildman–Crippen LogP) is 3.62. The Balaban J connectivity index is 1.86. The van der Waals surface area contributed by atoms with E-state index in [-0.39, 0.29) is 10.5 Å². The first kappa shape index (κ1) is 20.5. The SMILES string of the molecule is CC(=Nc1ccc(S(N)(=O)=O)cc1)c1c(-c2ccccc2)[nH]n(-c2ccccc2)c1=O. The average molecular weight is 433 g/mol. The lowest BCUT2D eigenvalue weighted by Crippen LogP contribution is -2.19. The van der Waals surface area contributed by atoms with E-state index in [1.165, 1.54) is 16.8 Å². The second kappa shape index (κ2) is 8.17. The van der Waals surface area contributed by atoms with Gasteiger partial charge < -0.3 is 0 Å². The number of para-hydroxylation sites is 1. The molecule has 0 unspecified atom stereocenters. The van der Waals surface area contributed by atoms with E-state index in [2.05, 4.69) is 10.1 Å². The maximum absolute atomic E-state index is 13.3. The molecule has 8 heteroatoms. The maximum Gasteiger partial charge on any atom is 0.280 e. The van der Waals surface area contributed by atoms with Crippen LogP contribution in [0, 0.1) is 0 Å². The summed E-state index contributed by atoms with van der Waals surface area (Å²) in [4.78, 5) is 17.9. The lowest BCUT2D eigenvalue weighted by molar-refractivity contribution is 0.598. The average Bonchev–Trinajstić information content (AvgIpc) is 3.12. The fourth-order valence-electron chi connectivity index (χ4n) is 3.31. The fraction of sp³-hybridized carbons (Fsp3) is 0.0435. The lowest BCUT2D eigenvalue weighted by Gasteiger charge is -2.04. The van der Waals surface area contributed by atoms with Gasteiger partial charge in [0, 0.05) is 5.56 Å². The number of H-pyrrole nitrogens is 1. The quantitative estimate of drug-likeness (QED) is 0.470. The number of sulfonamides is 1. The van der Waals surface area contributed by atoms with Crippen molar-refractivity contribution in [3.63, 3.8) is 0 Å². The Hall–Kier alpha value is -3.75. The van der Waals surface area contributed by atoms with Crippen LogP contribution in [0.1, 0.15) is 12.5 Å². The highest BCUT2D eigenvalue weighted by molar-refractivity contribution is 7.89. The number of nitrogens with one attached hydrogen (secondary N) is 1. The summed E-state index contributed by atoms with van der Waals surface area (Å²) >= 11 is 0. The number of nitrogens with two attached hydrogens (primary N) is 1. The van der Waals surface area contributed by atoms with Gasteiger partial charge in [-0.3, -0.25) is 14.9 Å². The number of hydrogen-bond acceptors (Lipinski definition) is 4. The molecule has 31 heavy (non-hydrogen) atoms. The fourth-order valence-corrected chi connectivity index (χ4v) is 3.82. The molecule has 4 aromatic rings. The molecular weight excluding hydrogens is 412 g/mol. The molecule has 0 aliphatic heterocycles. The molecule has 7 nitrogen and oxygen atoms in total. The van der Waals surface area contributed by atoms with Gasteiger partial charge in [0.1, 0.15) is 0 Å². The monoisotopic (exact) mass is 432 g/mol. The molecule has 0 bridgehead atoms. The summed E-state index contributed by atoms with van der Waals surface area (Å²) in [6.45, 7) is 1.75. The zero-order valence-corrected chi connectivity index (χ0v) is 17.5. The van der Waals surface area contributed by atoms with E-state index in [4.69, 9.17) is 5.14 Å². The maximum atomic E-state index is 13.3. The second-order valence-electron chi connectivity index (χ2n) is 6.94. The molecule has 0 aliphatic carbocycles. The van der Waals surface area contributed by atoms with Crippen LogP contribution in [0.4, 0.5) is 5.69 Å². The van der Waals surface area contributed by atoms with Gasteiger partial charge in [-0.2, -0.15) is 0 Å². The molecule has 1 aromatic heterocycles. The standard InChI is InChI=1S/C23H20N4O3S/c1-16(25-18-12-14-20(15-13-18)31(24,29)30)21-22(17-8-4-2-5-9-17)26-27(23(21)28)19-10-6-3-7-11-19/h2-15,26H,1H3,(H2,24,29,30). The van der Waals surface area contributed by atoms with Crippen LogP contribution in [-0.4, -0.2) is 23.9 Å². The molecule has 0 amide bonds. The van der Waals surface area contributed by atoms with Crippen LogP contribution in [0.25, 0.3) is 16.9 Å². The Morgan fingerprint density at radius 1 is 0.903 bits per heavy atom. The van der Waals surface area contributed by atoms with Crippen molar-refractivity contribution in [1.82, 2.24) is 9.78 Å². The van der Waals surface area contributed by atoms with Crippen molar-refractivity contribution in [3.05, 3.63) is 101 Å². The van der Waals surface area contributed by atoms with Crippen LogP contribution in [0.2, 0.25) is 0 Å². The van der Waals surface area contributed by atoms with E-state index >= 15 is 0 Å². The molecule has 3 N–H and O–H groups in total. The number of aromatic nitrogens is 2. The third kappa shape index (κ3) is 4.25. The zero-order chi connectivity index (χ0) is 22.0. The molecule has 3 aromatic carbocycles. The van der Waals surface area contributed by atoms with Gasteiger partial charge in [-0.15, -0.1) is 0 Å². The highest BCUT2D eigenvalue weighted by Crippen LogP contribution is 2.23. The number of aromatic amines is 1. The van der Waals surface area contributed by atoms with Crippen molar-refractivity contribution >= 4 is 21.4 Å². The Bertz CT molecular complexity index is 1400. The summed E-state index contributed by atoms with van der Waals surface area (Å²) in [6.07, 6.45) is 0. The van der Waals surface area contributed by atoms with Gasteiger partial charge in [0.2, 0.25) is 10.0 Å². The number of benzene rings is 3. The molecule has 4 rings (SSSR count). The third-order valence-corrected chi connectivity index (χ3v) is 5.72. The zero-order valence-electron chi connectivity index (χ0n) is 16.7. The lowest BCUT2D eigenvalue weighted by atomic mass is 10.1. The molecule has 0 radical (unpaired) electrons. The molecule has 0 saturated heterocycles. The van der Waals surface area contributed by atoms with Crippen molar-refractivity contribution in [2.45, 2.75) is 11.8 Å². The molecular formula is C23H20N4O3S. The first-order valence-corrected chi connectivity index (χ1v) is 11.0. The third-order valence-electron chi connectivity index (χ3n) is 4.79. The Kier molecular flexibility index (Phi) is 5.41. The van der Waals surface area contributed by atoms with Crippen LogP contribution in [-0.2, 0) is 10.0 Å². The second-order valence-corrected chi connectivity index (χ2v) is 8.50. The smallest absolute Gasteiger partial charge is 0.280 e. The molecule has 0 fully saturated rings. The Morgan fingerprint density at radius 2 is 1.48 bits per heavy atom. The number of rotatable bonds is 5. The van der Waals surface area contributed by atoms with Gasteiger partial charge in [-0.25, -0.2) is 18.2 Å². The molecule has 1 heterocycles. The van der Waals surface area contributed by atoms with E-state index in [0.717, 1.165) is 5.56 Å². The Labute approximate surface area is 179 Å². The highest BCUT2D eigenvalue weighted by atomic mass is 32.2. The van der Waals surface area contributed by atoms with Gasteiger partial charge in [-0.1, -0.05) is 48.5 Å². The van der Waals surface area contributed by atoms with Gasteiger partial charge in [0.15, 0.2) is 0 Å². The minimum atomic E-state index is -3.78. The molecule has 0 atom stereocenters. The van der Waals surface area contributed by atoms with Gasteiger partial charge >= 0.3 is 0 Å². The number of nitrogens with zero attached hydrogens (tertiary/aromatic N) is 2. The predicted molar refractivity (Wildman–Crippen MR) is 122 cm³/mol. The van der Waals surface area contributed by atoms with Gasteiger partial charge in [0.25, 0.3) is 5.56 Å². The topological polar surface area (TPSA) is 110 Å². The highest BCUT2D eigenvalue weighted by Gasteiger charge is 2.19. The number of aliphatic imine (C=N–C) groups is 1. The summed E-state index contributed by atoms with van der Waals surface area (Å²) in [5.74, 6) is 0. The minimum Gasteiger partial charge on any atom is -0.290 e. The van der Waals surface area contributed by atoms with Crippen molar-refractivity contribution < 1.29 is 8.42 Å². The molecule has 0 saturated carbocycles. The van der Waals surface area contributed by atoms with Gasteiger partial charge in [-0.05, 0) is 43.3 Å². The summed E-state index contributed by atoms with van der Waals surface area (Å²) < 4.78 is 24.4. The summed E-state index contributed by atoms with van der Waals surface area (Å²) in [5.41, 5.74) is 3.42. The first-order chi connectivity index (χ1) is 14.8. The summed E-state index contributed by atoms with van der Waals surface area (Å²) in [5, 5.41) is 8.36. The van der Waals surface area contributed by atoms with Crippen LogP contribution < -0.4 is 10.7 Å². The normalized spacial score (nSPS) is 12.1. The minimum absolute atomic E-state index is 0.00200. The number of hydrogen-bond donors (Lipinski definition) is 2. The van der Waals surface area contributed by atoms with Crippen LogP contribution in [0.15, 0.2) is 99.6 Å². The van der Waals surface area contributed by atoms with E-state index in [0.29, 0.717) is 28.3 Å². The largest absolute Gasteiger partial charge is 0.290 e. The van der Waals surface area contributed by atoms with Gasteiger partial charge in [0.05, 0.1) is 33.2 Å². The van der Waals surface area contributed by atoms with Crippen LogP contribution in [0.5, 0.6) is 0 Å². The molecule has 0 spiro atoms. The summed E-state index contributed by atoms with van der Waals surface area (Å²) in [7, 11) is -3.78. The van der Waals surface area contributed by atoms with Crippen molar-refractivity contribution in [2.24, 2.45) is 10.1 Å². The Morgan fingerprint density at radius 3 is 2.06 bits per heavy atom. The van der Waals surface area contributed by atoms with E-state index in [1.807, 2.05) is 60.7 Å². The molecule has 0 aliphatic rings. The summed E-state index contributed by atoms with van der Waals surface area (Å²) in [6, 6.07) is 24.7. The molecule has 156 valence electrons. The van der Waals surface area contributed by atoms with E-state index in [9.17, 15) is 13.2 Å². The first-order valence-electron chi connectivity index (χ1n) is 9.49. The van der Waals surface area contributed by atoms with E-state index < -0.39 is 10.0 Å². The van der Waals surface area contributed by atoms with Crippen LogP contribution in [0.3, 0.4) is 0 Å². The van der Waals surface area contributed by atoms with Crippen molar-refractivity contribution in [3.8, 4) is 16.9 Å². The van der Waals surface area contributed by atoms with Crippen molar-refractivity contribution in [1.29, 1.82) is 0 Å². The number of primary sulfonamides is 1. The van der Waals surface area contributed by atoms with Crippen molar-refractivity contribution in [2.75, 3.05) is 0 Å². The van der Waals surface area contributed by atoms with E-state index in [1.54, 1.807) is 19.1 Å². The van der Waals surface area contributed by atoms with Crippen LogP contribution >= 0.6 is 0 Å².